The average molecular weight is 605 g/mol. The molecule has 4 aromatic carbocycles. The van der Waals surface area contributed by atoms with E-state index in [1.54, 1.807) is 48.5 Å². The highest BCUT2D eigenvalue weighted by molar-refractivity contribution is 8.00. The van der Waals surface area contributed by atoms with Gasteiger partial charge in [-0.25, -0.2) is 4.98 Å². The minimum atomic E-state index is -0.473. The van der Waals surface area contributed by atoms with Crippen LogP contribution in [-0.2, 0) is 9.59 Å². The summed E-state index contributed by atoms with van der Waals surface area (Å²) >= 11 is 2.74. The molecule has 0 aliphatic heterocycles. The number of rotatable bonds is 10. The number of thioether (sulfide) groups is 1. The lowest BCUT2D eigenvalue weighted by atomic mass is 10.1. The maximum absolute atomic E-state index is 13.4. The molecule has 7 nitrogen and oxygen atoms in total. The van der Waals surface area contributed by atoms with Crippen molar-refractivity contribution >= 4 is 57.7 Å². The molecule has 9 heteroatoms. The van der Waals surface area contributed by atoms with Crippen molar-refractivity contribution in [1.82, 2.24) is 10.3 Å². The molecule has 1 atom stereocenters. The molecule has 0 fully saturated rings. The number of nitrogens with zero attached hydrogens (tertiary/aromatic N) is 1. The number of amides is 3. The summed E-state index contributed by atoms with van der Waals surface area (Å²) in [6.07, 6.45) is 1.63. The molecule has 5 aromatic rings. The van der Waals surface area contributed by atoms with Crippen LogP contribution in [0.4, 0.5) is 10.8 Å². The van der Waals surface area contributed by atoms with E-state index in [0.29, 0.717) is 16.4 Å². The molecule has 214 valence electrons. The summed E-state index contributed by atoms with van der Waals surface area (Å²) in [5, 5.41) is 10.5. The second-order valence-electron chi connectivity index (χ2n) is 9.42. The van der Waals surface area contributed by atoms with Crippen LogP contribution >= 0.6 is 23.1 Å². The largest absolute Gasteiger partial charge is 0.321 e. The number of thiazole rings is 1. The Hall–Kier alpha value is -4.99. The number of anilines is 2. The van der Waals surface area contributed by atoms with E-state index in [4.69, 9.17) is 0 Å². The maximum atomic E-state index is 13.4. The van der Waals surface area contributed by atoms with E-state index >= 15 is 0 Å². The molecule has 0 saturated carbocycles. The van der Waals surface area contributed by atoms with Gasteiger partial charge in [-0.15, -0.1) is 23.1 Å². The van der Waals surface area contributed by atoms with Gasteiger partial charge in [0.15, 0.2) is 5.13 Å². The fourth-order valence-corrected chi connectivity index (χ4v) is 5.69. The normalized spacial score (nSPS) is 11.8. The van der Waals surface area contributed by atoms with Gasteiger partial charge in [0.05, 0.1) is 10.9 Å². The number of carbonyl (C=O) groups excluding carboxylic acids is 3. The van der Waals surface area contributed by atoms with E-state index in [9.17, 15) is 14.4 Å². The van der Waals surface area contributed by atoms with Crippen molar-refractivity contribution in [1.29, 1.82) is 0 Å². The zero-order valence-electron chi connectivity index (χ0n) is 23.2. The number of benzene rings is 4. The number of hydrogen-bond donors (Lipinski definition) is 3. The van der Waals surface area contributed by atoms with Crippen molar-refractivity contribution in [2.45, 2.75) is 17.1 Å². The minimum absolute atomic E-state index is 0.101. The predicted octanol–water partition coefficient (Wildman–Crippen LogP) is 7.34. The van der Waals surface area contributed by atoms with Crippen molar-refractivity contribution in [2.75, 3.05) is 10.6 Å². The first-order chi connectivity index (χ1) is 20.9. The standard InChI is InChI=1S/C34H28N4O3S2/c1-23(31(39)38-34-37-30(22-42-34)25-14-7-3-8-15-25)43-28-19-11-18-27(21-28)35-33(41)29(20-24-12-5-2-6-13-24)36-32(40)26-16-9-4-10-17-26/h2-23H,1H3,(H,35,41)(H,36,40)(H,37,38,39)/b29-20-. The van der Waals surface area contributed by atoms with Crippen molar-refractivity contribution in [3.63, 3.8) is 0 Å². The second kappa shape index (κ2) is 14.3. The van der Waals surface area contributed by atoms with Crippen LogP contribution < -0.4 is 16.0 Å². The van der Waals surface area contributed by atoms with E-state index in [2.05, 4.69) is 20.9 Å². The lowest BCUT2D eigenvalue weighted by Gasteiger charge is -2.13. The van der Waals surface area contributed by atoms with Gasteiger partial charge in [0.25, 0.3) is 11.8 Å². The number of aromatic nitrogens is 1. The van der Waals surface area contributed by atoms with Crippen LogP contribution in [0.5, 0.6) is 0 Å². The lowest BCUT2D eigenvalue weighted by molar-refractivity contribution is -0.115. The van der Waals surface area contributed by atoms with Gasteiger partial charge in [-0.1, -0.05) is 84.9 Å². The number of hydrogen-bond acceptors (Lipinski definition) is 6. The Bertz CT molecular complexity index is 1740. The molecule has 1 aromatic heterocycles. The van der Waals surface area contributed by atoms with Crippen LogP contribution in [0.1, 0.15) is 22.8 Å². The summed E-state index contributed by atoms with van der Waals surface area (Å²) in [5.41, 5.74) is 3.63. The Morgan fingerprint density at radius 3 is 2.21 bits per heavy atom. The Morgan fingerprint density at radius 1 is 0.814 bits per heavy atom. The van der Waals surface area contributed by atoms with Crippen LogP contribution in [0.25, 0.3) is 17.3 Å². The lowest BCUT2D eigenvalue weighted by Crippen LogP contribution is -2.30. The van der Waals surface area contributed by atoms with Gasteiger partial charge in [-0.05, 0) is 48.9 Å². The highest BCUT2D eigenvalue weighted by Gasteiger charge is 2.18. The van der Waals surface area contributed by atoms with E-state index in [-0.39, 0.29) is 11.6 Å². The fourth-order valence-electron chi connectivity index (χ4n) is 4.04. The van der Waals surface area contributed by atoms with Crippen LogP contribution in [0.3, 0.4) is 0 Å². The van der Waals surface area contributed by atoms with Crippen LogP contribution in [-0.4, -0.2) is 28.0 Å². The molecule has 5 rings (SSSR count). The summed E-state index contributed by atoms with van der Waals surface area (Å²) in [5.74, 6) is -1.04. The average Bonchev–Trinajstić information content (AvgIpc) is 3.50. The molecule has 3 N–H and O–H groups in total. The summed E-state index contributed by atoms with van der Waals surface area (Å²) in [6.45, 7) is 1.82. The Morgan fingerprint density at radius 2 is 1.49 bits per heavy atom. The van der Waals surface area contributed by atoms with Gasteiger partial charge in [-0.2, -0.15) is 0 Å². The van der Waals surface area contributed by atoms with Crippen molar-refractivity contribution in [3.8, 4) is 11.3 Å². The summed E-state index contributed by atoms with van der Waals surface area (Å²) < 4.78 is 0. The van der Waals surface area contributed by atoms with E-state index in [1.165, 1.54) is 23.1 Å². The molecule has 43 heavy (non-hydrogen) atoms. The third-order valence-electron chi connectivity index (χ3n) is 6.22. The first-order valence-electron chi connectivity index (χ1n) is 13.5. The molecule has 0 spiro atoms. The Labute approximate surface area is 258 Å². The molecular formula is C34H28N4O3S2. The number of carbonyl (C=O) groups is 3. The third kappa shape index (κ3) is 8.28. The summed E-state index contributed by atoms with van der Waals surface area (Å²) in [7, 11) is 0. The number of nitrogens with one attached hydrogen (secondary N) is 3. The van der Waals surface area contributed by atoms with Gasteiger partial charge in [0.2, 0.25) is 5.91 Å². The first kappa shape index (κ1) is 29.5. The molecule has 0 radical (unpaired) electrons. The molecule has 0 saturated heterocycles. The smallest absolute Gasteiger partial charge is 0.272 e. The van der Waals surface area contributed by atoms with Gasteiger partial charge < -0.3 is 16.0 Å². The van der Waals surface area contributed by atoms with Crippen LogP contribution in [0.15, 0.2) is 131 Å². The monoisotopic (exact) mass is 604 g/mol. The van der Waals surface area contributed by atoms with Crippen LogP contribution in [0.2, 0.25) is 0 Å². The highest BCUT2D eigenvalue weighted by Crippen LogP contribution is 2.29. The fraction of sp³-hybridized carbons (Fsp3) is 0.0588. The Kier molecular flexibility index (Phi) is 9.78. The van der Waals surface area contributed by atoms with E-state index in [1.807, 2.05) is 85.1 Å². The quantitative estimate of drug-likeness (QED) is 0.114. The van der Waals surface area contributed by atoms with E-state index in [0.717, 1.165) is 21.7 Å². The molecule has 1 unspecified atom stereocenters. The van der Waals surface area contributed by atoms with Gasteiger partial charge in [-0.3, -0.25) is 14.4 Å². The van der Waals surface area contributed by atoms with Crippen LogP contribution in [0, 0.1) is 0 Å². The second-order valence-corrected chi connectivity index (χ2v) is 11.7. The van der Waals surface area contributed by atoms with Crippen molar-refractivity contribution in [3.05, 3.63) is 137 Å². The van der Waals surface area contributed by atoms with Crippen molar-refractivity contribution < 1.29 is 14.4 Å². The molecule has 0 aliphatic rings. The molecule has 0 aliphatic carbocycles. The Balaban J connectivity index is 1.24. The van der Waals surface area contributed by atoms with Gasteiger partial charge in [0, 0.05) is 27.1 Å². The SMILES string of the molecule is CC(Sc1cccc(NC(=O)/C(=C/c2ccccc2)NC(=O)c2ccccc2)c1)C(=O)Nc1nc(-c2ccccc2)cs1. The highest BCUT2D eigenvalue weighted by atomic mass is 32.2. The van der Waals surface area contributed by atoms with Crippen molar-refractivity contribution in [2.24, 2.45) is 0 Å². The zero-order valence-corrected chi connectivity index (χ0v) is 24.8. The molecule has 1 heterocycles. The van der Waals surface area contributed by atoms with E-state index < -0.39 is 17.1 Å². The topological polar surface area (TPSA) is 100 Å². The van der Waals surface area contributed by atoms with Gasteiger partial charge in [0.1, 0.15) is 5.70 Å². The summed E-state index contributed by atoms with van der Waals surface area (Å²) in [4.78, 5) is 44.5. The maximum Gasteiger partial charge on any atom is 0.272 e. The van der Waals surface area contributed by atoms with Gasteiger partial charge >= 0.3 is 0 Å². The third-order valence-corrected chi connectivity index (χ3v) is 8.07. The summed E-state index contributed by atoms with van der Waals surface area (Å²) in [6, 6.07) is 35.0. The zero-order chi connectivity index (χ0) is 30.0. The molecule has 0 bridgehead atoms. The predicted molar refractivity (Wildman–Crippen MR) is 175 cm³/mol. The molecular weight excluding hydrogens is 577 g/mol. The first-order valence-corrected chi connectivity index (χ1v) is 15.2. The molecule has 3 amide bonds. The minimum Gasteiger partial charge on any atom is -0.321 e.